The summed E-state index contributed by atoms with van der Waals surface area (Å²) >= 11 is 0. The Balaban J connectivity index is 0.00000144. The van der Waals surface area contributed by atoms with Gasteiger partial charge in [0.25, 0.3) is 0 Å². The van der Waals surface area contributed by atoms with E-state index in [0.29, 0.717) is 6.33 Å². The van der Waals surface area contributed by atoms with Gasteiger partial charge in [0.2, 0.25) is 5.82 Å². The van der Waals surface area contributed by atoms with Crippen molar-refractivity contribution in [2.75, 3.05) is 0 Å². The third-order valence-electron chi connectivity index (χ3n) is 1.05. The summed E-state index contributed by atoms with van der Waals surface area (Å²) in [6.45, 7) is 0. The van der Waals surface area contributed by atoms with E-state index in [1.54, 1.807) is 5.10 Å². The van der Waals surface area contributed by atoms with Gasteiger partial charge in [0.1, 0.15) is 6.33 Å². The van der Waals surface area contributed by atoms with Crippen LogP contribution >= 0.6 is 0 Å². The molecule has 70 valence electrons. The summed E-state index contributed by atoms with van der Waals surface area (Å²) < 4.78 is 59.1. The van der Waals surface area contributed by atoms with Gasteiger partial charge in [-0.05, 0) is 0 Å². The molecule has 1 heterocycles. The average molecular weight is 195 g/mol. The number of hydrogen-bond donors (Lipinski definition) is 1. The van der Waals surface area contributed by atoms with Crippen molar-refractivity contribution in [3.8, 4) is 0 Å². The second-order valence-corrected chi connectivity index (χ2v) is 1.89. The minimum atomic E-state index is -5.66. The van der Waals surface area contributed by atoms with Crippen molar-refractivity contribution >= 4 is 18.9 Å². The Labute approximate surface area is 80.9 Å². The number of rotatable bonds is 1. The molecule has 0 aliphatic rings. The van der Waals surface area contributed by atoms with Gasteiger partial charge >= 0.3 is 31.0 Å². The Morgan fingerprint density at radius 3 is 2.00 bits per heavy atom. The second-order valence-electron chi connectivity index (χ2n) is 1.89. The molecular weight excluding hydrogens is 192 g/mol. The molecule has 3 nitrogen and oxygen atoms in total. The molecule has 0 spiro atoms. The number of aromatic nitrogens is 3. The fourth-order valence-corrected chi connectivity index (χ4v) is 0.487. The van der Waals surface area contributed by atoms with Gasteiger partial charge in [0, 0.05) is 0 Å². The molecule has 0 amide bonds. The topological polar surface area (TPSA) is 41.6 Å². The van der Waals surface area contributed by atoms with E-state index < -0.39 is 17.9 Å². The van der Waals surface area contributed by atoms with Crippen LogP contribution in [0.1, 0.15) is 5.82 Å². The molecule has 0 bridgehead atoms. The SMILES string of the molecule is FC(F)(F)C(F)(F)c1nc[nH]n1.[LiH]. The van der Waals surface area contributed by atoms with Crippen LogP contribution in [0, 0.1) is 0 Å². The van der Waals surface area contributed by atoms with Crippen LogP contribution < -0.4 is 0 Å². The first-order valence-electron chi connectivity index (χ1n) is 2.66. The van der Waals surface area contributed by atoms with Crippen LogP contribution in [-0.4, -0.2) is 40.2 Å². The van der Waals surface area contributed by atoms with Gasteiger partial charge in [0.15, 0.2) is 0 Å². The zero-order chi connectivity index (χ0) is 9.41. The molecule has 0 radical (unpaired) electrons. The third kappa shape index (κ3) is 2.19. The van der Waals surface area contributed by atoms with Gasteiger partial charge in [-0.15, -0.1) is 0 Å². The molecule has 1 rings (SSSR count). The van der Waals surface area contributed by atoms with E-state index in [4.69, 9.17) is 0 Å². The Kier molecular flexibility index (Phi) is 3.46. The monoisotopic (exact) mass is 195 g/mol. The molecule has 1 aromatic rings. The molecule has 0 aromatic carbocycles. The van der Waals surface area contributed by atoms with Crippen molar-refractivity contribution in [2.45, 2.75) is 12.1 Å². The first kappa shape index (κ1) is 12.4. The van der Waals surface area contributed by atoms with E-state index in [1.165, 1.54) is 0 Å². The van der Waals surface area contributed by atoms with Gasteiger partial charge in [-0.25, -0.2) is 4.98 Å². The van der Waals surface area contributed by atoms with Crippen molar-refractivity contribution in [3.63, 3.8) is 0 Å². The summed E-state index contributed by atoms with van der Waals surface area (Å²) in [6, 6.07) is 0. The number of H-pyrrole nitrogens is 1. The number of alkyl halides is 5. The maximum atomic E-state index is 12.2. The van der Waals surface area contributed by atoms with Crippen LogP contribution in [0.15, 0.2) is 6.33 Å². The van der Waals surface area contributed by atoms with Crippen molar-refractivity contribution in [1.29, 1.82) is 0 Å². The van der Waals surface area contributed by atoms with Crippen molar-refractivity contribution < 1.29 is 22.0 Å². The van der Waals surface area contributed by atoms with Crippen LogP contribution in [0.3, 0.4) is 0 Å². The summed E-state index contributed by atoms with van der Waals surface area (Å²) in [5.41, 5.74) is 0. The predicted octanol–water partition coefficient (Wildman–Crippen LogP) is 0.810. The Bertz CT molecular complexity index is 255. The number of nitrogens with zero attached hydrogens (tertiary/aromatic N) is 2. The van der Waals surface area contributed by atoms with E-state index in [0.717, 1.165) is 0 Å². The fraction of sp³-hybridized carbons (Fsp3) is 0.500. The Hall–Kier alpha value is -0.613. The summed E-state index contributed by atoms with van der Waals surface area (Å²) in [5.74, 6) is -6.57. The van der Waals surface area contributed by atoms with Crippen LogP contribution in [-0.2, 0) is 5.92 Å². The minimum absolute atomic E-state index is 0. The van der Waals surface area contributed by atoms with Gasteiger partial charge in [-0.2, -0.15) is 27.1 Å². The molecule has 0 atom stereocenters. The summed E-state index contributed by atoms with van der Waals surface area (Å²) in [6.07, 6.45) is -5.01. The second kappa shape index (κ2) is 3.63. The van der Waals surface area contributed by atoms with E-state index in [-0.39, 0.29) is 18.9 Å². The summed E-state index contributed by atoms with van der Waals surface area (Å²) in [5, 5.41) is 4.42. The van der Waals surface area contributed by atoms with Gasteiger partial charge in [-0.1, -0.05) is 0 Å². The molecular formula is C4H3F5LiN3. The quantitative estimate of drug-likeness (QED) is 0.532. The van der Waals surface area contributed by atoms with Crippen molar-refractivity contribution in [3.05, 3.63) is 12.2 Å². The van der Waals surface area contributed by atoms with Gasteiger partial charge in [-0.3, -0.25) is 5.10 Å². The third-order valence-corrected chi connectivity index (χ3v) is 1.05. The first-order chi connectivity index (χ1) is 5.36. The number of halogens is 5. The molecule has 0 saturated heterocycles. The summed E-state index contributed by atoms with van der Waals surface area (Å²) in [4.78, 5) is 2.72. The first-order valence-corrected chi connectivity index (χ1v) is 2.66. The molecule has 0 unspecified atom stereocenters. The Morgan fingerprint density at radius 2 is 1.69 bits per heavy atom. The maximum absolute atomic E-state index is 12.2. The van der Waals surface area contributed by atoms with Crippen LogP contribution in [0.4, 0.5) is 22.0 Å². The van der Waals surface area contributed by atoms with E-state index in [2.05, 4.69) is 10.1 Å². The normalized spacial score (nSPS) is 12.4. The molecule has 0 aliphatic carbocycles. The molecule has 1 aromatic heterocycles. The zero-order valence-electron chi connectivity index (χ0n) is 5.36. The van der Waals surface area contributed by atoms with Crippen molar-refractivity contribution in [2.24, 2.45) is 0 Å². The van der Waals surface area contributed by atoms with Gasteiger partial charge in [0.05, 0.1) is 0 Å². The standard InChI is InChI=1S/C4H2F5N3.Li.H/c5-3(6,4(7,8)9)2-10-1-11-12-2;;/h1H,(H,10,11,12);;. The van der Waals surface area contributed by atoms with Crippen molar-refractivity contribution in [1.82, 2.24) is 15.2 Å². The molecule has 0 aliphatic heterocycles. The van der Waals surface area contributed by atoms with E-state index in [1.807, 2.05) is 0 Å². The molecule has 1 N–H and O–H groups in total. The van der Waals surface area contributed by atoms with Crippen LogP contribution in [0.5, 0.6) is 0 Å². The molecule has 0 fully saturated rings. The number of hydrogen-bond acceptors (Lipinski definition) is 2. The molecule has 0 saturated carbocycles. The predicted molar refractivity (Wildman–Crippen MR) is 33.5 cm³/mol. The average Bonchev–Trinajstić information content (AvgIpc) is 2.34. The fourth-order valence-electron chi connectivity index (χ4n) is 0.487. The number of nitrogens with one attached hydrogen (secondary N) is 1. The zero-order valence-corrected chi connectivity index (χ0v) is 5.36. The Morgan fingerprint density at radius 1 is 1.15 bits per heavy atom. The summed E-state index contributed by atoms with van der Waals surface area (Å²) in [7, 11) is 0. The van der Waals surface area contributed by atoms with E-state index in [9.17, 15) is 22.0 Å². The molecule has 9 heteroatoms. The van der Waals surface area contributed by atoms with Gasteiger partial charge < -0.3 is 0 Å². The van der Waals surface area contributed by atoms with Crippen LogP contribution in [0.25, 0.3) is 0 Å². The van der Waals surface area contributed by atoms with E-state index >= 15 is 0 Å². The molecule has 13 heavy (non-hydrogen) atoms. The number of aromatic amines is 1. The van der Waals surface area contributed by atoms with Crippen LogP contribution in [0.2, 0.25) is 0 Å².